The molecule has 2 rings (SSSR count). The minimum Gasteiger partial charge on any atom is -0.455 e. The Morgan fingerprint density at radius 2 is 1.25 bits per heavy atom. The van der Waals surface area contributed by atoms with Gasteiger partial charge in [-0.05, 0) is 36.8 Å². The van der Waals surface area contributed by atoms with Gasteiger partial charge in [0.2, 0.25) is 6.29 Å². The molecule has 2 nitrogen and oxygen atoms in total. The molecule has 0 N–H and O–H groups in total. The predicted octanol–water partition coefficient (Wildman–Crippen LogP) is 4.70. The summed E-state index contributed by atoms with van der Waals surface area (Å²) in [5.74, 6) is 1.68. The first kappa shape index (κ1) is 17.0. The van der Waals surface area contributed by atoms with E-state index in [9.17, 15) is 0 Å². The lowest BCUT2D eigenvalue weighted by molar-refractivity contribution is -0.000825. The van der Waals surface area contributed by atoms with E-state index in [2.05, 4.69) is 9.24 Å². The van der Waals surface area contributed by atoms with Gasteiger partial charge in [0.15, 0.2) is 0 Å². The lowest BCUT2D eigenvalue weighted by atomic mass is 10.3. The molecular formula is C16H20BrO2P. The Hall–Kier alpha value is -1.05. The Kier molecular flexibility index (Phi) is 8.32. The molecule has 4 heteroatoms. The summed E-state index contributed by atoms with van der Waals surface area (Å²) >= 11 is 0. The van der Waals surface area contributed by atoms with E-state index in [4.69, 9.17) is 9.47 Å². The van der Waals surface area contributed by atoms with Crippen LogP contribution >= 0.6 is 26.2 Å². The summed E-state index contributed by atoms with van der Waals surface area (Å²) in [5, 5.41) is 0. The van der Waals surface area contributed by atoms with Gasteiger partial charge in [0.25, 0.3) is 0 Å². The molecule has 0 saturated heterocycles. The Morgan fingerprint density at radius 1 is 0.800 bits per heavy atom. The Morgan fingerprint density at radius 3 is 1.65 bits per heavy atom. The number of para-hydroxylation sites is 2. The molecule has 1 unspecified atom stereocenters. The Balaban J connectivity index is 0.00000200. The molecule has 2 aromatic rings. The molecule has 0 aromatic heterocycles. The highest BCUT2D eigenvalue weighted by Crippen LogP contribution is 2.18. The van der Waals surface area contributed by atoms with Crippen molar-refractivity contribution >= 4 is 26.2 Å². The van der Waals surface area contributed by atoms with Crippen molar-refractivity contribution < 1.29 is 9.47 Å². The average molecular weight is 355 g/mol. The molecule has 108 valence electrons. The topological polar surface area (TPSA) is 18.5 Å². The number of halogens is 1. The fourth-order valence-corrected chi connectivity index (χ4v) is 1.96. The summed E-state index contributed by atoms with van der Waals surface area (Å²) in [5.41, 5.74) is 0. The number of ether oxygens (including phenoxy) is 2. The van der Waals surface area contributed by atoms with Crippen LogP contribution in [0, 0.1) is 0 Å². The molecular weight excluding hydrogens is 335 g/mol. The minimum atomic E-state index is -0.245. The molecule has 0 amide bonds. The Bertz CT molecular complexity index is 423. The summed E-state index contributed by atoms with van der Waals surface area (Å²) in [6.07, 6.45) is 2.72. The SMILES string of the molecule is Br.PCCCC(Oc1ccccc1)Oc1ccccc1. The van der Waals surface area contributed by atoms with E-state index < -0.39 is 0 Å². The molecule has 0 bridgehead atoms. The fraction of sp³-hybridized carbons (Fsp3) is 0.250. The molecule has 0 aliphatic carbocycles. The van der Waals surface area contributed by atoms with Crippen molar-refractivity contribution in [2.45, 2.75) is 19.1 Å². The second kappa shape index (κ2) is 9.79. The number of rotatable bonds is 7. The van der Waals surface area contributed by atoms with Crippen molar-refractivity contribution in [3.8, 4) is 11.5 Å². The van der Waals surface area contributed by atoms with E-state index in [-0.39, 0.29) is 23.3 Å². The average Bonchev–Trinajstić information content (AvgIpc) is 2.47. The molecule has 20 heavy (non-hydrogen) atoms. The molecule has 0 heterocycles. The van der Waals surface area contributed by atoms with Crippen molar-refractivity contribution in [2.24, 2.45) is 0 Å². The van der Waals surface area contributed by atoms with Crippen LogP contribution in [0.3, 0.4) is 0 Å². The summed E-state index contributed by atoms with van der Waals surface area (Å²) in [4.78, 5) is 0. The predicted molar refractivity (Wildman–Crippen MR) is 92.1 cm³/mol. The molecule has 0 spiro atoms. The third-order valence-electron chi connectivity index (χ3n) is 2.67. The highest BCUT2D eigenvalue weighted by molar-refractivity contribution is 8.93. The van der Waals surface area contributed by atoms with Gasteiger partial charge in [-0.15, -0.1) is 26.2 Å². The number of hydrogen-bond acceptors (Lipinski definition) is 2. The van der Waals surface area contributed by atoms with E-state index in [0.717, 1.165) is 30.5 Å². The van der Waals surface area contributed by atoms with Crippen LogP contribution in [-0.4, -0.2) is 12.5 Å². The maximum atomic E-state index is 5.89. The normalized spacial score (nSPS) is 9.90. The maximum Gasteiger partial charge on any atom is 0.241 e. The highest BCUT2D eigenvalue weighted by Gasteiger charge is 2.11. The molecule has 1 atom stereocenters. The van der Waals surface area contributed by atoms with Crippen LogP contribution in [0.25, 0.3) is 0 Å². The summed E-state index contributed by atoms with van der Waals surface area (Å²) < 4.78 is 11.8. The van der Waals surface area contributed by atoms with Crippen LogP contribution in [0.15, 0.2) is 60.7 Å². The van der Waals surface area contributed by atoms with Gasteiger partial charge in [-0.3, -0.25) is 0 Å². The van der Waals surface area contributed by atoms with E-state index in [0.29, 0.717) is 0 Å². The van der Waals surface area contributed by atoms with Crippen LogP contribution in [0.1, 0.15) is 12.8 Å². The van der Waals surface area contributed by atoms with Gasteiger partial charge in [-0.1, -0.05) is 36.4 Å². The van der Waals surface area contributed by atoms with Crippen molar-refractivity contribution in [3.05, 3.63) is 60.7 Å². The monoisotopic (exact) mass is 354 g/mol. The molecule has 0 radical (unpaired) electrons. The summed E-state index contributed by atoms with van der Waals surface area (Å²) in [6.45, 7) is 0. The van der Waals surface area contributed by atoms with Crippen LogP contribution < -0.4 is 9.47 Å². The van der Waals surface area contributed by atoms with Gasteiger partial charge in [0.05, 0.1) is 0 Å². The quantitative estimate of drug-likeness (QED) is 0.529. The van der Waals surface area contributed by atoms with Crippen LogP contribution in [0.2, 0.25) is 0 Å². The molecule has 0 saturated carbocycles. The van der Waals surface area contributed by atoms with Crippen LogP contribution in [-0.2, 0) is 0 Å². The van der Waals surface area contributed by atoms with Crippen LogP contribution in [0.4, 0.5) is 0 Å². The van der Waals surface area contributed by atoms with Gasteiger partial charge in [0, 0.05) is 6.42 Å². The lowest BCUT2D eigenvalue weighted by Crippen LogP contribution is -2.24. The summed E-state index contributed by atoms with van der Waals surface area (Å²) in [7, 11) is 2.73. The standard InChI is InChI=1S/C16H19O2P.BrH/c19-13-7-12-16(17-14-8-3-1-4-9-14)18-15-10-5-2-6-11-15;/h1-6,8-11,16H,7,12-13,19H2;1H. The van der Waals surface area contributed by atoms with Gasteiger partial charge in [0.1, 0.15) is 11.5 Å². The lowest BCUT2D eigenvalue weighted by Gasteiger charge is -2.20. The van der Waals surface area contributed by atoms with Gasteiger partial charge >= 0.3 is 0 Å². The first-order chi connectivity index (χ1) is 9.38. The van der Waals surface area contributed by atoms with Gasteiger partial charge in [-0.2, -0.15) is 0 Å². The third kappa shape index (κ3) is 5.94. The van der Waals surface area contributed by atoms with E-state index in [1.807, 2.05) is 60.7 Å². The zero-order valence-corrected chi connectivity index (χ0v) is 14.1. The maximum absolute atomic E-state index is 5.89. The van der Waals surface area contributed by atoms with Gasteiger partial charge in [-0.25, -0.2) is 0 Å². The van der Waals surface area contributed by atoms with Crippen molar-refractivity contribution in [1.82, 2.24) is 0 Å². The van der Waals surface area contributed by atoms with Crippen molar-refractivity contribution in [1.29, 1.82) is 0 Å². The smallest absolute Gasteiger partial charge is 0.241 e. The van der Waals surface area contributed by atoms with E-state index in [1.165, 1.54) is 0 Å². The highest BCUT2D eigenvalue weighted by atomic mass is 79.9. The third-order valence-corrected chi connectivity index (χ3v) is 3.07. The first-order valence-corrected chi connectivity index (χ1v) is 7.33. The number of hydrogen-bond donors (Lipinski definition) is 0. The zero-order chi connectivity index (χ0) is 13.3. The van der Waals surface area contributed by atoms with Crippen LogP contribution in [0.5, 0.6) is 11.5 Å². The molecule has 0 aliphatic rings. The minimum absolute atomic E-state index is 0. The van der Waals surface area contributed by atoms with Crippen molar-refractivity contribution in [3.63, 3.8) is 0 Å². The fourth-order valence-electron chi connectivity index (χ4n) is 1.73. The Labute approximate surface area is 133 Å². The number of benzene rings is 2. The largest absolute Gasteiger partial charge is 0.455 e. The second-order valence-electron chi connectivity index (χ2n) is 4.22. The molecule has 0 aliphatic heterocycles. The molecule has 0 fully saturated rings. The van der Waals surface area contributed by atoms with Crippen molar-refractivity contribution in [2.75, 3.05) is 6.16 Å². The summed E-state index contributed by atoms with van der Waals surface area (Å²) in [6, 6.07) is 19.6. The zero-order valence-electron chi connectivity index (χ0n) is 11.3. The van der Waals surface area contributed by atoms with E-state index in [1.54, 1.807) is 0 Å². The second-order valence-corrected chi connectivity index (χ2v) is 4.80. The first-order valence-electron chi connectivity index (χ1n) is 6.52. The molecule has 2 aromatic carbocycles. The van der Waals surface area contributed by atoms with E-state index >= 15 is 0 Å². The van der Waals surface area contributed by atoms with Gasteiger partial charge < -0.3 is 9.47 Å².